The van der Waals surface area contributed by atoms with Gasteiger partial charge in [-0.1, -0.05) is 39.3 Å². The molecule has 0 saturated carbocycles. The van der Waals surface area contributed by atoms with Crippen LogP contribution in [-0.4, -0.2) is 43.6 Å². The molecule has 0 unspecified atom stereocenters. The minimum atomic E-state index is 0.383. The fourth-order valence-electron chi connectivity index (χ4n) is 3.13. The molecule has 0 aliphatic carbocycles. The Labute approximate surface area is 171 Å². The van der Waals surface area contributed by atoms with Crippen LogP contribution >= 0.6 is 15.9 Å². The summed E-state index contributed by atoms with van der Waals surface area (Å²) in [5.74, 6) is 1.27. The molecule has 1 N–H and O–H groups in total. The molecule has 1 fully saturated rings. The lowest BCUT2D eigenvalue weighted by Crippen LogP contribution is -2.36. The van der Waals surface area contributed by atoms with Gasteiger partial charge in [0.15, 0.2) is 0 Å². The highest BCUT2D eigenvalue weighted by Gasteiger charge is 2.16. The van der Waals surface area contributed by atoms with E-state index in [9.17, 15) is 0 Å². The third kappa shape index (κ3) is 4.28. The van der Waals surface area contributed by atoms with Gasteiger partial charge in [0.1, 0.15) is 5.75 Å². The predicted octanol–water partition coefficient (Wildman–Crippen LogP) is 3.96. The molecule has 1 aliphatic rings. The lowest BCUT2D eigenvalue weighted by Gasteiger charge is -2.30. The highest BCUT2D eigenvalue weighted by Crippen LogP contribution is 2.27. The van der Waals surface area contributed by atoms with Crippen molar-refractivity contribution in [1.82, 2.24) is 10.1 Å². The molecular formula is C20H21BrN4O3. The van der Waals surface area contributed by atoms with Crippen LogP contribution < -0.4 is 15.0 Å². The van der Waals surface area contributed by atoms with Gasteiger partial charge in [0, 0.05) is 35.4 Å². The Balaban J connectivity index is 1.48. The Hall–Kier alpha value is -2.58. The second-order valence-corrected chi connectivity index (χ2v) is 7.30. The number of hydrogen-bond donors (Lipinski definition) is 1. The standard InChI is InChI=1S/C20H21BrN4O3/c1-26-17-4-2-3-14(11-17)19-23-20(28-24-19)22-13-15-5-6-16(21)12-18(15)25-7-9-27-10-8-25/h2-6,11-12H,7-10,13H2,1H3,(H,22,23,24). The van der Waals surface area contributed by atoms with E-state index in [1.807, 2.05) is 30.3 Å². The first-order valence-corrected chi connectivity index (χ1v) is 9.85. The van der Waals surface area contributed by atoms with Crippen LogP contribution in [-0.2, 0) is 11.3 Å². The predicted molar refractivity (Wildman–Crippen MR) is 111 cm³/mol. The van der Waals surface area contributed by atoms with Crippen LogP contribution in [0.3, 0.4) is 0 Å². The zero-order valence-corrected chi connectivity index (χ0v) is 17.1. The Morgan fingerprint density at radius 3 is 2.86 bits per heavy atom. The maximum atomic E-state index is 5.47. The van der Waals surface area contributed by atoms with Crippen molar-refractivity contribution in [1.29, 1.82) is 0 Å². The first-order valence-electron chi connectivity index (χ1n) is 9.06. The van der Waals surface area contributed by atoms with Gasteiger partial charge in [0.25, 0.3) is 0 Å². The van der Waals surface area contributed by atoms with Crippen molar-refractivity contribution in [3.63, 3.8) is 0 Å². The molecule has 2 heterocycles. The van der Waals surface area contributed by atoms with Gasteiger partial charge in [-0.15, -0.1) is 0 Å². The third-order valence-electron chi connectivity index (χ3n) is 4.58. The van der Waals surface area contributed by atoms with E-state index in [0.717, 1.165) is 47.7 Å². The van der Waals surface area contributed by atoms with E-state index < -0.39 is 0 Å². The molecule has 7 nitrogen and oxygen atoms in total. The number of ether oxygens (including phenoxy) is 2. The molecule has 146 valence electrons. The van der Waals surface area contributed by atoms with Crippen LogP contribution in [0.1, 0.15) is 5.56 Å². The van der Waals surface area contributed by atoms with Gasteiger partial charge in [-0.25, -0.2) is 0 Å². The number of aromatic nitrogens is 2. The van der Waals surface area contributed by atoms with E-state index in [1.54, 1.807) is 7.11 Å². The molecule has 0 radical (unpaired) electrons. The molecule has 1 aliphatic heterocycles. The number of morpholine rings is 1. The SMILES string of the molecule is COc1cccc(-c2noc(NCc3ccc(Br)cc3N3CCOCC3)n2)c1. The van der Waals surface area contributed by atoms with Crippen LogP contribution in [0.5, 0.6) is 5.75 Å². The van der Waals surface area contributed by atoms with Crippen LogP contribution in [0.4, 0.5) is 11.7 Å². The largest absolute Gasteiger partial charge is 0.497 e. The molecule has 1 aromatic heterocycles. The summed E-state index contributed by atoms with van der Waals surface area (Å²) in [6, 6.07) is 14.2. The smallest absolute Gasteiger partial charge is 0.322 e. The van der Waals surface area contributed by atoms with Crippen molar-refractivity contribution in [3.8, 4) is 17.1 Å². The molecule has 28 heavy (non-hydrogen) atoms. The number of anilines is 2. The summed E-state index contributed by atoms with van der Waals surface area (Å²) >= 11 is 3.57. The van der Waals surface area contributed by atoms with E-state index in [1.165, 1.54) is 5.69 Å². The highest BCUT2D eigenvalue weighted by atomic mass is 79.9. The molecule has 2 aromatic carbocycles. The van der Waals surface area contributed by atoms with Crippen molar-refractivity contribution in [2.45, 2.75) is 6.54 Å². The second kappa shape index (κ2) is 8.62. The molecule has 0 amide bonds. The average Bonchev–Trinajstić information content (AvgIpc) is 3.22. The summed E-state index contributed by atoms with van der Waals surface area (Å²) in [6.07, 6.45) is 0. The van der Waals surface area contributed by atoms with Crippen LogP contribution in [0.25, 0.3) is 11.4 Å². The molecule has 4 rings (SSSR count). The molecule has 0 spiro atoms. The van der Waals surface area contributed by atoms with Crippen LogP contribution in [0, 0.1) is 0 Å². The Morgan fingerprint density at radius 2 is 2.04 bits per heavy atom. The number of benzene rings is 2. The van der Waals surface area contributed by atoms with Gasteiger partial charge in [-0.3, -0.25) is 0 Å². The van der Waals surface area contributed by atoms with Crippen molar-refractivity contribution >= 4 is 27.6 Å². The highest BCUT2D eigenvalue weighted by molar-refractivity contribution is 9.10. The molecule has 8 heteroatoms. The average molecular weight is 445 g/mol. The molecule has 1 saturated heterocycles. The number of methoxy groups -OCH3 is 1. The molecular weight excluding hydrogens is 424 g/mol. The topological polar surface area (TPSA) is 72.7 Å². The summed E-state index contributed by atoms with van der Waals surface area (Å²) in [7, 11) is 1.63. The third-order valence-corrected chi connectivity index (χ3v) is 5.08. The Bertz CT molecular complexity index is 941. The van der Waals surface area contributed by atoms with Crippen LogP contribution in [0.2, 0.25) is 0 Å². The van der Waals surface area contributed by atoms with Crippen molar-refractivity contribution in [2.75, 3.05) is 43.6 Å². The lowest BCUT2D eigenvalue weighted by molar-refractivity contribution is 0.122. The van der Waals surface area contributed by atoms with E-state index >= 15 is 0 Å². The summed E-state index contributed by atoms with van der Waals surface area (Å²) in [4.78, 5) is 6.78. The van der Waals surface area contributed by atoms with Gasteiger partial charge in [0.05, 0.1) is 20.3 Å². The number of rotatable bonds is 6. The number of hydrogen-bond acceptors (Lipinski definition) is 7. The molecule has 0 bridgehead atoms. The van der Waals surface area contributed by atoms with Gasteiger partial charge < -0.3 is 24.2 Å². The quantitative estimate of drug-likeness (QED) is 0.616. The van der Waals surface area contributed by atoms with Crippen molar-refractivity contribution < 1.29 is 14.0 Å². The fourth-order valence-corrected chi connectivity index (χ4v) is 3.48. The molecule has 0 atom stereocenters. The maximum absolute atomic E-state index is 5.47. The van der Waals surface area contributed by atoms with Crippen LogP contribution in [0.15, 0.2) is 51.5 Å². The van der Waals surface area contributed by atoms with Gasteiger partial charge in [0.2, 0.25) is 5.82 Å². The zero-order chi connectivity index (χ0) is 19.3. The first kappa shape index (κ1) is 18.8. The minimum Gasteiger partial charge on any atom is -0.497 e. The first-order chi connectivity index (χ1) is 13.7. The van der Waals surface area contributed by atoms with E-state index in [0.29, 0.717) is 18.4 Å². The summed E-state index contributed by atoms with van der Waals surface area (Å²) in [5, 5.41) is 7.30. The van der Waals surface area contributed by atoms with Gasteiger partial charge in [-0.05, 0) is 29.8 Å². The Kier molecular flexibility index (Phi) is 5.78. The van der Waals surface area contributed by atoms with E-state index in [-0.39, 0.29) is 0 Å². The lowest BCUT2D eigenvalue weighted by atomic mass is 10.1. The van der Waals surface area contributed by atoms with Gasteiger partial charge >= 0.3 is 6.01 Å². The zero-order valence-electron chi connectivity index (χ0n) is 15.5. The number of nitrogens with zero attached hydrogens (tertiary/aromatic N) is 3. The van der Waals surface area contributed by atoms with E-state index in [4.69, 9.17) is 14.0 Å². The van der Waals surface area contributed by atoms with Crippen molar-refractivity contribution in [2.24, 2.45) is 0 Å². The maximum Gasteiger partial charge on any atom is 0.322 e. The van der Waals surface area contributed by atoms with Gasteiger partial charge in [-0.2, -0.15) is 4.98 Å². The Morgan fingerprint density at radius 1 is 1.18 bits per heavy atom. The second-order valence-electron chi connectivity index (χ2n) is 6.38. The molecule has 3 aromatic rings. The van der Waals surface area contributed by atoms with Crippen molar-refractivity contribution in [3.05, 3.63) is 52.5 Å². The number of halogens is 1. The minimum absolute atomic E-state index is 0.383. The summed E-state index contributed by atoms with van der Waals surface area (Å²) in [5.41, 5.74) is 3.18. The van der Waals surface area contributed by atoms with E-state index in [2.05, 4.69) is 48.4 Å². The summed E-state index contributed by atoms with van der Waals surface area (Å²) in [6.45, 7) is 3.83. The fraction of sp³-hybridized carbons (Fsp3) is 0.300. The number of nitrogens with one attached hydrogen (secondary N) is 1. The normalized spacial score (nSPS) is 14.1. The monoisotopic (exact) mass is 444 g/mol. The summed E-state index contributed by atoms with van der Waals surface area (Å²) < 4.78 is 17.1.